The van der Waals surface area contributed by atoms with Crippen molar-refractivity contribution in [2.45, 2.75) is 32.8 Å². The van der Waals surface area contributed by atoms with Crippen molar-refractivity contribution in [2.24, 2.45) is 5.92 Å². The minimum absolute atomic E-state index is 0.406. The molecule has 5 heteroatoms. The van der Waals surface area contributed by atoms with E-state index in [1.165, 1.54) is 0 Å². The third-order valence-electron chi connectivity index (χ3n) is 3.32. The van der Waals surface area contributed by atoms with Crippen LogP contribution in [0.3, 0.4) is 0 Å². The molecule has 0 saturated heterocycles. The van der Waals surface area contributed by atoms with Crippen LogP contribution in [0.5, 0.6) is 11.5 Å². The summed E-state index contributed by atoms with van der Waals surface area (Å²) in [6.07, 6.45) is 0.668. The smallest absolute Gasteiger partial charge is 0.345 e. The lowest BCUT2D eigenvalue weighted by Crippen LogP contribution is -2.24. The Kier molecular flexibility index (Phi) is 5.44. The van der Waals surface area contributed by atoms with E-state index in [0.717, 1.165) is 18.6 Å². The fraction of sp³-hybridized carbons (Fsp3) is 0.562. The van der Waals surface area contributed by atoms with Gasteiger partial charge in [0, 0.05) is 19.1 Å². The predicted octanol–water partition coefficient (Wildman–Crippen LogP) is 2.52. The maximum atomic E-state index is 10.9. The molecule has 1 unspecified atom stereocenters. The van der Waals surface area contributed by atoms with Gasteiger partial charge >= 0.3 is 5.97 Å². The number of aliphatic carboxylic acids is 1. The van der Waals surface area contributed by atoms with Gasteiger partial charge in [0.1, 0.15) is 18.1 Å². The third kappa shape index (κ3) is 4.63. The molecular formula is C16H22O5. The van der Waals surface area contributed by atoms with Gasteiger partial charge in [0.15, 0.2) is 6.10 Å². The van der Waals surface area contributed by atoms with E-state index in [1.54, 1.807) is 6.07 Å². The zero-order valence-electron chi connectivity index (χ0n) is 12.5. The standard InChI is InChI=1S/C16H22O5/c1-11(2)5-6-19-7-8-20-13-4-3-12-9-15(16(17)18)21-14(12)10-13/h3-4,10-11,15H,5-9H2,1-2H3,(H,17,18). The molecule has 0 aliphatic carbocycles. The monoisotopic (exact) mass is 294 g/mol. The summed E-state index contributed by atoms with van der Waals surface area (Å²) in [7, 11) is 0. The van der Waals surface area contributed by atoms with Crippen LogP contribution in [0.2, 0.25) is 0 Å². The molecule has 1 atom stereocenters. The molecule has 116 valence electrons. The number of carbonyl (C=O) groups is 1. The predicted molar refractivity (Wildman–Crippen MR) is 78.0 cm³/mol. The molecule has 1 heterocycles. The van der Waals surface area contributed by atoms with Crippen LogP contribution in [-0.2, 0) is 16.0 Å². The third-order valence-corrected chi connectivity index (χ3v) is 3.32. The maximum Gasteiger partial charge on any atom is 0.345 e. The summed E-state index contributed by atoms with van der Waals surface area (Å²) >= 11 is 0. The van der Waals surface area contributed by atoms with Gasteiger partial charge in [-0.2, -0.15) is 0 Å². The summed E-state index contributed by atoms with van der Waals surface area (Å²) in [6, 6.07) is 5.43. The molecule has 21 heavy (non-hydrogen) atoms. The molecule has 0 spiro atoms. The number of rotatable bonds is 8. The number of hydrogen-bond acceptors (Lipinski definition) is 4. The van der Waals surface area contributed by atoms with Crippen molar-refractivity contribution in [3.05, 3.63) is 23.8 Å². The maximum absolute atomic E-state index is 10.9. The molecule has 0 saturated carbocycles. The number of carboxylic acids is 1. The molecule has 1 N–H and O–H groups in total. The van der Waals surface area contributed by atoms with E-state index in [2.05, 4.69) is 13.8 Å². The lowest BCUT2D eigenvalue weighted by Gasteiger charge is -2.09. The highest BCUT2D eigenvalue weighted by Gasteiger charge is 2.28. The van der Waals surface area contributed by atoms with Crippen LogP contribution in [0.25, 0.3) is 0 Å². The summed E-state index contributed by atoms with van der Waals surface area (Å²) in [5, 5.41) is 8.94. The molecule has 1 aliphatic heterocycles. The van der Waals surface area contributed by atoms with Crippen LogP contribution < -0.4 is 9.47 Å². The molecule has 2 rings (SSSR count). The first-order valence-corrected chi connectivity index (χ1v) is 7.29. The van der Waals surface area contributed by atoms with E-state index in [4.69, 9.17) is 19.3 Å². The quantitative estimate of drug-likeness (QED) is 0.746. The number of hydrogen-bond donors (Lipinski definition) is 1. The highest BCUT2D eigenvalue weighted by molar-refractivity contribution is 5.74. The lowest BCUT2D eigenvalue weighted by atomic mass is 10.1. The van der Waals surface area contributed by atoms with E-state index < -0.39 is 12.1 Å². The molecule has 1 aromatic rings. The number of carboxylic acid groups (broad SMARTS) is 1. The SMILES string of the molecule is CC(C)CCOCCOc1ccc2c(c1)OC(C(=O)O)C2. The number of ether oxygens (including phenoxy) is 3. The Morgan fingerprint density at radius 2 is 2.19 bits per heavy atom. The topological polar surface area (TPSA) is 65.0 Å². The van der Waals surface area contributed by atoms with Gasteiger partial charge in [-0.1, -0.05) is 19.9 Å². The van der Waals surface area contributed by atoms with Crippen molar-refractivity contribution in [1.82, 2.24) is 0 Å². The van der Waals surface area contributed by atoms with Crippen molar-refractivity contribution >= 4 is 5.97 Å². The molecule has 0 bridgehead atoms. The van der Waals surface area contributed by atoms with E-state index in [1.807, 2.05) is 12.1 Å². The van der Waals surface area contributed by atoms with Crippen LogP contribution in [0, 0.1) is 5.92 Å². The molecule has 0 aromatic heterocycles. The Bertz CT molecular complexity index is 484. The van der Waals surface area contributed by atoms with Gasteiger partial charge in [0.25, 0.3) is 0 Å². The molecule has 5 nitrogen and oxygen atoms in total. The average molecular weight is 294 g/mol. The first-order chi connectivity index (χ1) is 10.1. The average Bonchev–Trinajstić information content (AvgIpc) is 2.85. The second kappa shape index (κ2) is 7.31. The largest absolute Gasteiger partial charge is 0.491 e. The first kappa shape index (κ1) is 15.6. The molecule has 0 radical (unpaired) electrons. The van der Waals surface area contributed by atoms with Crippen molar-refractivity contribution < 1.29 is 24.1 Å². The van der Waals surface area contributed by atoms with Gasteiger partial charge in [0.05, 0.1) is 6.61 Å². The van der Waals surface area contributed by atoms with Gasteiger partial charge in [-0.15, -0.1) is 0 Å². The zero-order chi connectivity index (χ0) is 15.2. The minimum atomic E-state index is -0.938. The Balaban J connectivity index is 1.74. The zero-order valence-corrected chi connectivity index (χ0v) is 12.5. The molecule has 0 fully saturated rings. The minimum Gasteiger partial charge on any atom is -0.491 e. The first-order valence-electron chi connectivity index (χ1n) is 7.29. The molecular weight excluding hydrogens is 272 g/mol. The summed E-state index contributed by atoms with van der Waals surface area (Å²) in [6.45, 7) is 6.08. The van der Waals surface area contributed by atoms with E-state index in [0.29, 0.717) is 37.1 Å². The summed E-state index contributed by atoms with van der Waals surface area (Å²) in [4.78, 5) is 10.9. The molecule has 1 aromatic carbocycles. The van der Waals surface area contributed by atoms with Gasteiger partial charge in [-0.25, -0.2) is 4.79 Å². The van der Waals surface area contributed by atoms with Gasteiger partial charge in [-0.3, -0.25) is 0 Å². The van der Waals surface area contributed by atoms with Crippen LogP contribution in [-0.4, -0.2) is 37.0 Å². The van der Waals surface area contributed by atoms with Crippen molar-refractivity contribution in [1.29, 1.82) is 0 Å². The van der Waals surface area contributed by atoms with Crippen LogP contribution in [0.1, 0.15) is 25.8 Å². The fourth-order valence-corrected chi connectivity index (χ4v) is 2.07. The second-order valence-corrected chi connectivity index (χ2v) is 5.56. The summed E-state index contributed by atoms with van der Waals surface area (Å²) < 4.78 is 16.4. The molecule has 0 amide bonds. The van der Waals surface area contributed by atoms with Crippen molar-refractivity contribution in [3.63, 3.8) is 0 Å². The van der Waals surface area contributed by atoms with E-state index in [9.17, 15) is 4.79 Å². The van der Waals surface area contributed by atoms with E-state index >= 15 is 0 Å². The summed E-state index contributed by atoms with van der Waals surface area (Å²) in [5.74, 6) is 0.974. The lowest BCUT2D eigenvalue weighted by molar-refractivity contribution is -0.144. The van der Waals surface area contributed by atoms with Gasteiger partial charge < -0.3 is 19.3 Å². The molecule has 1 aliphatic rings. The number of fused-ring (bicyclic) bond motifs is 1. The Morgan fingerprint density at radius 1 is 1.38 bits per heavy atom. The Hall–Kier alpha value is -1.75. The normalized spacial score (nSPS) is 16.6. The van der Waals surface area contributed by atoms with Crippen molar-refractivity contribution in [3.8, 4) is 11.5 Å². The van der Waals surface area contributed by atoms with Crippen LogP contribution in [0.4, 0.5) is 0 Å². The van der Waals surface area contributed by atoms with Gasteiger partial charge in [0.2, 0.25) is 0 Å². The van der Waals surface area contributed by atoms with Gasteiger partial charge in [-0.05, 0) is 24.0 Å². The summed E-state index contributed by atoms with van der Waals surface area (Å²) in [5.41, 5.74) is 0.905. The highest BCUT2D eigenvalue weighted by atomic mass is 16.5. The van der Waals surface area contributed by atoms with Crippen LogP contribution in [0.15, 0.2) is 18.2 Å². The highest BCUT2D eigenvalue weighted by Crippen LogP contribution is 2.32. The number of benzene rings is 1. The second-order valence-electron chi connectivity index (χ2n) is 5.56. The fourth-order valence-electron chi connectivity index (χ4n) is 2.07. The van der Waals surface area contributed by atoms with Crippen molar-refractivity contribution in [2.75, 3.05) is 19.8 Å². The van der Waals surface area contributed by atoms with Crippen LogP contribution >= 0.6 is 0 Å². The Morgan fingerprint density at radius 3 is 2.90 bits per heavy atom. The Labute approximate surface area is 124 Å². The van der Waals surface area contributed by atoms with E-state index in [-0.39, 0.29) is 0 Å².